The standard InChI is InChI=1S/C24H22N6O3/c31-21(25-13-17-8-10-18(11-9-17)29-12-4-7-22(29)32)15-28-16-26-23-20(24(28)33)14-27-30(23)19-5-2-1-3-6-19/h1-3,5-6,8-11,14,16H,4,7,12-13,15H2,(H,25,31). The van der Waals surface area contributed by atoms with Gasteiger partial charge in [0.05, 0.1) is 11.9 Å². The van der Waals surface area contributed by atoms with Gasteiger partial charge in [-0.1, -0.05) is 30.3 Å². The van der Waals surface area contributed by atoms with Crippen LogP contribution < -0.4 is 15.8 Å². The van der Waals surface area contributed by atoms with Crippen molar-refractivity contribution in [2.45, 2.75) is 25.9 Å². The summed E-state index contributed by atoms with van der Waals surface area (Å²) in [7, 11) is 0. The van der Waals surface area contributed by atoms with Gasteiger partial charge in [0, 0.05) is 25.2 Å². The summed E-state index contributed by atoms with van der Waals surface area (Å²) in [4.78, 5) is 43.3. The molecule has 2 amide bonds. The Balaban J connectivity index is 1.24. The van der Waals surface area contributed by atoms with Crippen LogP contribution in [-0.4, -0.2) is 37.7 Å². The fourth-order valence-corrected chi connectivity index (χ4v) is 3.95. The maximum atomic E-state index is 12.8. The number of anilines is 1. The molecule has 0 bridgehead atoms. The SMILES string of the molecule is O=C(Cn1cnc2c(cnn2-c2ccccc2)c1=O)NCc1ccc(N2CCCC2=O)cc1. The zero-order valence-electron chi connectivity index (χ0n) is 17.8. The molecular weight excluding hydrogens is 420 g/mol. The van der Waals surface area contributed by atoms with E-state index in [2.05, 4.69) is 15.4 Å². The lowest BCUT2D eigenvalue weighted by atomic mass is 10.2. The molecule has 0 saturated carbocycles. The van der Waals surface area contributed by atoms with Crippen molar-refractivity contribution in [3.63, 3.8) is 0 Å². The summed E-state index contributed by atoms with van der Waals surface area (Å²) in [6, 6.07) is 17.0. The Morgan fingerprint density at radius 2 is 1.79 bits per heavy atom. The zero-order chi connectivity index (χ0) is 22.8. The van der Waals surface area contributed by atoms with Crippen molar-refractivity contribution in [1.82, 2.24) is 24.6 Å². The van der Waals surface area contributed by atoms with Crippen LogP contribution in [0.25, 0.3) is 16.7 Å². The lowest BCUT2D eigenvalue weighted by Crippen LogP contribution is -2.32. The molecule has 9 heteroatoms. The van der Waals surface area contributed by atoms with E-state index in [4.69, 9.17) is 0 Å². The van der Waals surface area contributed by atoms with Gasteiger partial charge >= 0.3 is 0 Å². The highest BCUT2D eigenvalue weighted by Crippen LogP contribution is 2.21. The molecule has 9 nitrogen and oxygen atoms in total. The summed E-state index contributed by atoms with van der Waals surface area (Å²) < 4.78 is 2.87. The molecule has 2 aromatic heterocycles. The number of benzene rings is 2. The quantitative estimate of drug-likeness (QED) is 0.492. The Labute approximate surface area is 189 Å². The van der Waals surface area contributed by atoms with Crippen LogP contribution in [0.2, 0.25) is 0 Å². The van der Waals surface area contributed by atoms with Crippen LogP contribution in [0.1, 0.15) is 18.4 Å². The maximum absolute atomic E-state index is 12.8. The van der Waals surface area contributed by atoms with Gasteiger partial charge in [-0.15, -0.1) is 0 Å². The van der Waals surface area contributed by atoms with E-state index in [0.717, 1.165) is 29.9 Å². The van der Waals surface area contributed by atoms with Gasteiger partial charge in [-0.2, -0.15) is 5.10 Å². The molecule has 1 saturated heterocycles. The minimum absolute atomic E-state index is 0.140. The normalized spacial score (nSPS) is 13.6. The molecular formula is C24H22N6O3. The lowest BCUT2D eigenvalue weighted by molar-refractivity contribution is -0.122. The second-order valence-electron chi connectivity index (χ2n) is 7.90. The fourth-order valence-electron chi connectivity index (χ4n) is 3.95. The van der Waals surface area contributed by atoms with Crippen molar-refractivity contribution in [3.05, 3.63) is 83.0 Å². The molecule has 0 spiro atoms. The third-order valence-corrected chi connectivity index (χ3v) is 5.68. The number of carbonyl (C=O) groups is 2. The average molecular weight is 442 g/mol. The van der Waals surface area contributed by atoms with Crippen LogP contribution in [0.4, 0.5) is 5.69 Å². The number of aromatic nitrogens is 4. The first-order valence-corrected chi connectivity index (χ1v) is 10.7. The maximum Gasteiger partial charge on any atom is 0.264 e. The summed E-state index contributed by atoms with van der Waals surface area (Å²) in [5, 5.41) is 7.45. The Morgan fingerprint density at radius 3 is 2.52 bits per heavy atom. The monoisotopic (exact) mass is 442 g/mol. The van der Waals surface area contributed by atoms with E-state index >= 15 is 0 Å². The summed E-state index contributed by atoms with van der Waals surface area (Å²) >= 11 is 0. The minimum atomic E-state index is -0.322. The van der Waals surface area contributed by atoms with E-state index in [0.29, 0.717) is 24.0 Å². The number of nitrogens with zero attached hydrogens (tertiary/aromatic N) is 5. The van der Waals surface area contributed by atoms with Crippen LogP contribution in [-0.2, 0) is 22.7 Å². The average Bonchev–Trinajstić information content (AvgIpc) is 3.47. The van der Waals surface area contributed by atoms with Crippen LogP contribution in [0.5, 0.6) is 0 Å². The molecule has 1 aliphatic rings. The van der Waals surface area contributed by atoms with E-state index < -0.39 is 0 Å². The zero-order valence-corrected chi connectivity index (χ0v) is 17.8. The Hall–Kier alpha value is -4.27. The number of amides is 2. The van der Waals surface area contributed by atoms with E-state index in [1.807, 2.05) is 54.6 Å². The molecule has 0 radical (unpaired) electrons. The van der Waals surface area contributed by atoms with Crippen molar-refractivity contribution in [1.29, 1.82) is 0 Å². The van der Waals surface area contributed by atoms with Gasteiger partial charge < -0.3 is 10.2 Å². The predicted molar refractivity (Wildman–Crippen MR) is 123 cm³/mol. The molecule has 33 heavy (non-hydrogen) atoms. The molecule has 1 fully saturated rings. The molecule has 1 aliphatic heterocycles. The number of para-hydroxylation sites is 1. The van der Waals surface area contributed by atoms with Crippen molar-refractivity contribution < 1.29 is 9.59 Å². The van der Waals surface area contributed by atoms with Crippen molar-refractivity contribution in [2.75, 3.05) is 11.4 Å². The van der Waals surface area contributed by atoms with Crippen molar-refractivity contribution in [2.24, 2.45) is 0 Å². The summed E-state index contributed by atoms with van der Waals surface area (Å²) in [6.45, 7) is 0.925. The molecule has 1 N–H and O–H groups in total. The molecule has 4 aromatic rings. The third kappa shape index (κ3) is 4.12. The van der Waals surface area contributed by atoms with Crippen molar-refractivity contribution >= 4 is 28.5 Å². The number of fused-ring (bicyclic) bond motifs is 1. The molecule has 2 aromatic carbocycles. The highest BCUT2D eigenvalue weighted by Gasteiger charge is 2.21. The molecule has 3 heterocycles. The van der Waals surface area contributed by atoms with E-state index in [1.54, 1.807) is 9.58 Å². The van der Waals surface area contributed by atoms with Gasteiger partial charge in [-0.05, 0) is 36.2 Å². The first-order valence-electron chi connectivity index (χ1n) is 10.7. The van der Waals surface area contributed by atoms with E-state index in [-0.39, 0.29) is 23.9 Å². The van der Waals surface area contributed by atoms with Gasteiger partial charge in [0.15, 0.2) is 5.65 Å². The second kappa shape index (κ2) is 8.70. The van der Waals surface area contributed by atoms with Gasteiger partial charge in [0.25, 0.3) is 5.56 Å². The van der Waals surface area contributed by atoms with Gasteiger partial charge in [-0.3, -0.25) is 19.0 Å². The smallest absolute Gasteiger partial charge is 0.264 e. The highest BCUT2D eigenvalue weighted by atomic mass is 16.2. The Bertz CT molecular complexity index is 1380. The first kappa shape index (κ1) is 20.6. The van der Waals surface area contributed by atoms with Crippen LogP contribution in [0.3, 0.4) is 0 Å². The second-order valence-corrected chi connectivity index (χ2v) is 7.90. The predicted octanol–water partition coefficient (Wildman–Crippen LogP) is 2.03. The summed E-state index contributed by atoms with van der Waals surface area (Å²) in [5.41, 5.74) is 2.70. The number of carbonyl (C=O) groups excluding carboxylic acids is 2. The molecule has 5 rings (SSSR count). The van der Waals surface area contributed by atoms with Crippen LogP contribution in [0.15, 0.2) is 71.9 Å². The lowest BCUT2D eigenvalue weighted by Gasteiger charge is -2.16. The van der Waals surface area contributed by atoms with Gasteiger partial charge in [-0.25, -0.2) is 9.67 Å². The van der Waals surface area contributed by atoms with Crippen LogP contribution in [0, 0.1) is 0 Å². The fraction of sp³-hybridized carbons (Fsp3) is 0.208. The van der Waals surface area contributed by atoms with E-state index in [1.165, 1.54) is 17.1 Å². The molecule has 166 valence electrons. The van der Waals surface area contributed by atoms with E-state index in [9.17, 15) is 14.4 Å². The van der Waals surface area contributed by atoms with Crippen LogP contribution >= 0.6 is 0 Å². The van der Waals surface area contributed by atoms with Crippen molar-refractivity contribution in [3.8, 4) is 5.69 Å². The topological polar surface area (TPSA) is 102 Å². The number of hydrogen-bond donors (Lipinski definition) is 1. The highest BCUT2D eigenvalue weighted by molar-refractivity contribution is 5.95. The first-order chi connectivity index (χ1) is 16.1. The molecule has 0 aliphatic carbocycles. The Kier molecular flexibility index (Phi) is 5.43. The van der Waals surface area contributed by atoms with Gasteiger partial charge in [0.2, 0.25) is 11.8 Å². The summed E-state index contributed by atoms with van der Waals surface area (Å²) in [6.07, 6.45) is 4.31. The number of hydrogen-bond acceptors (Lipinski definition) is 5. The third-order valence-electron chi connectivity index (χ3n) is 5.68. The molecule has 0 atom stereocenters. The largest absolute Gasteiger partial charge is 0.350 e. The number of nitrogens with one attached hydrogen (secondary N) is 1. The summed E-state index contributed by atoms with van der Waals surface area (Å²) in [5.74, 6) is -0.158. The molecule has 0 unspecified atom stereocenters. The number of rotatable bonds is 6. The minimum Gasteiger partial charge on any atom is -0.350 e. The van der Waals surface area contributed by atoms with Gasteiger partial charge in [0.1, 0.15) is 18.3 Å². The Morgan fingerprint density at radius 1 is 1.00 bits per heavy atom.